The Labute approximate surface area is 216 Å². The lowest BCUT2D eigenvalue weighted by molar-refractivity contribution is -0.192. The Kier molecular flexibility index (Phi) is 9.39. The highest BCUT2D eigenvalue weighted by molar-refractivity contribution is 6.07. The molecule has 0 aromatic heterocycles. The second kappa shape index (κ2) is 12.1. The zero-order chi connectivity index (χ0) is 27.2. The van der Waals surface area contributed by atoms with Gasteiger partial charge < -0.3 is 15.3 Å². The molecule has 1 aromatic rings. The highest BCUT2D eigenvalue weighted by Gasteiger charge is 2.53. The zero-order valence-electron chi connectivity index (χ0n) is 21.6. The fourth-order valence-electron chi connectivity index (χ4n) is 5.45. The number of nitrogens with zero attached hydrogens (tertiary/aromatic N) is 3. The zero-order valence-corrected chi connectivity index (χ0v) is 21.6. The molecule has 37 heavy (non-hydrogen) atoms. The number of aliphatic carboxylic acids is 1. The van der Waals surface area contributed by atoms with Crippen LogP contribution in [0.15, 0.2) is 47.5 Å². The molecule has 1 saturated heterocycles. The van der Waals surface area contributed by atoms with E-state index >= 15 is 0 Å². The largest absolute Gasteiger partial charge is 0.490 e. The van der Waals surface area contributed by atoms with Crippen LogP contribution < -0.4 is 5.32 Å². The molecule has 1 spiro atoms. The van der Waals surface area contributed by atoms with E-state index < -0.39 is 12.1 Å². The first kappa shape index (κ1) is 28.7. The van der Waals surface area contributed by atoms with E-state index in [0.29, 0.717) is 18.6 Å². The number of hydrogen-bond acceptors (Lipinski definition) is 4. The van der Waals surface area contributed by atoms with Crippen LogP contribution in [0.3, 0.4) is 0 Å². The molecule has 4 rings (SSSR count). The molecule has 2 fully saturated rings. The van der Waals surface area contributed by atoms with Crippen molar-refractivity contribution in [3.63, 3.8) is 0 Å². The van der Waals surface area contributed by atoms with E-state index in [9.17, 15) is 18.0 Å². The highest BCUT2D eigenvalue weighted by Crippen LogP contribution is 2.39. The van der Waals surface area contributed by atoms with Crippen LogP contribution in [0, 0.1) is 0 Å². The number of halogens is 3. The number of alkyl halides is 3. The third kappa shape index (κ3) is 7.34. The van der Waals surface area contributed by atoms with Crippen LogP contribution in [0.5, 0.6) is 0 Å². The SMILES string of the molecule is C=C(C)CN1C(=O)N=C(NC2CCCCC2)[C@]12CCN(Cc1ccccc1)[C@@H](C)C2.O=C(O)C(F)(F)F. The number of amides is 2. The predicted octanol–water partition coefficient (Wildman–Crippen LogP) is 5.38. The molecule has 1 saturated carbocycles. The van der Waals surface area contributed by atoms with E-state index in [4.69, 9.17) is 9.90 Å². The minimum Gasteiger partial charge on any atom is -0.475 e. The summed E-state index contributed by atoms with van der Waals surface area (Å²) >= 11 is 0. The maximum atomic E-state index is 13.0. The quantitative estimate of drug-likeness (QED) is 0.508. The molecule has 0 radical (unpaired) electrons. The van der Waals surface area contributed by atoms with Crippen molar-refractivity contribution < 1.29 is 27.9 Å². The van der Waals surface area contributed by atoms with Crippen molar-refractivity contribution in [3.8, 4) is 0 Å². The van der Waals surface area contributed by atoms with E-state index in [0.717, 1.165) is 37.3 Å². The van der Waals surface area contributed by atoms with Crippen LogP contribution in [0.4, 0.5) is 18.0 Å². The van der Waals surface area contributed by atoms with Gasteiger partial charge in [0.15, 0.2) is 0 Å². The summed E-state index contributed by atoms with van der Waals surface area (Å²) in [6, 6.07) is 11.4. The number of carbonyl (C=O) groups excluding carboxylic acids is 1. The van der Waals surface area contributed by atoms with Crippen LogP contribution in [0.1, 0.15) is 64.4 Å². The minimum absolute atomic E-state index is 0.0972. The van der Waals surface area contributed by atoms with Crippen LogP contribution in [0.2, 0.25) is 0 Å². The topological polar surface area (TPSA) is 85.2 Å². The molecule has 0 unspecified atom stereocenters. The first-order valence-corrected chi connectivity index (χ1v) is 12.8. The van der Waals surface area contributed by atoms with Crippen molar-refractivity contribution in [3.05, 3.63) is 48.0 Å². The number of benzene rings is 1. The van der Waals surface area contributed by atoms with E-state index in [1.807, 2.05) is 11.8 Å². The maximum absolute atomic E-state index is 13.0. The summed E-state index contributed by atoms with van der Waals surface area (Å²) in [5.74, 6) is -1.83. The number of urea groups is 1. The van der Waals surface area contributed by atoms with Gasteiger partial charge in [-0.15, -0.1) is 0 Å². The van der Waals surface area contributed by atoms with Gasteiger partial charge in [-0.25, -0.2) is 9.59 Å². The fourth-order valence-corrected chi connectivity index (χ4v) is 5.45. The van der Waals surface area contributed by atoms with Crippen molar-refractivity contribution in [2.45, 2.75) is 89.1 Å². The lowest BCUT2D eigenvalue weighted by Gasteiger charge is -2.49. The molecule has 10 heteroatoms. The van der Waals surface area contributed by atoms with Crippen molar-refractivity contribution >= 4 is 17.8 Å². The monoisotopic (exact) mass is 522 g/mol. The molecule has 204 valence electrons. The molecule has 1 aliphatic carbocycles. The molecule has 2 heterocycles. The first-order chi connectivity index (χ1) is 17.4. The van der Waals surface area contributed by atoms with Gasteiger partial charge in [-0.05, 0) is 45.1 Å². The van der Waals surface area contributed by atoms with E-state index in [-0.39, 0.29) is 11.6 Å². The second-order valence-electron chi connectivity index (χ2n) is 10.4. The molecule has 1 aromatic carbocycles. The number of amidine groups is 1. The number of likely N-dealkylation sites (tertiary alicyclic amines) is 1. The Morgan fingerprint density at radius 2 is 1.84 bits per heavy atom. The molecule has 2 amide bonds. The Balaban J connectivity index is 0.000000479. The predicted molar refractivity (Wildman–Crippen MR) is 136 cm³/mol. The molecule has 2 atom stereocenters. The summed E-state index contributed by atoms with van der Waals surface area (Å²) in [5, 5.41) is 10.9. The number of aliphatic imine (C=N–C) groups is 1. The number of nitrogens with one attached hydrogen (secondary N) is 1. The van der Waals surface area contributed by atoms with Gasteiger partial charge in [-0.2, -0.15) is 18.2 Å². The van der Waals surface area contributed by atoms with Gasteiger partial charge >= 0.3 is 18.2 Å². The summed E-state index contributed by atoms with van der Waals surface area (Å²) in [6.45, 7) is 10.9. The van der Waals surface area contributed by atoms with Crippen molar-refractivity contribution in [1.29, 1.82) is 0 Å². The van der Waals surface area contributed by atoms with Crippen LogP contribution in [-0.2, 0) is 11.3 Å². The molecular formula is C27H37F3N4O3. The Morgan fingerprint density at radius 3 is 2.38 bits per heavy atom. The van der Waals surface area contributed by atoms with Crippen molar-refractivity contribution in [2.75, 3.05) is 13.1 Å². The van der Waals surface area contributed by atoms with Crippen LogP contribution in [0.25, 0.3) is 0 Å². The number of carboxylic acid groups (broad SMARTS) is 1. The molecular weight excluding hydrogens is 485 g/mol. The summed E-state index contributed by atoms with van der Waals surface area (Å²) in [6.07, 6.45) is 2.96. The fraction of sp³-hybridized carbons (Fsp3) is 0.593. The average Bonchev–Trinajstić information content (AvgIpc) is 3.06. The van der Waals surface area contributed by atoms with Crippen LogP contribution >= 0.6 is 0 Å². The van der Waals surface area contributed by atoms with E-state index in [1.165, 1.54) is 37.7 Å². The van der Waals surface area contributed by atoms with Gasteiger partial charge in [0.2, 0.25) is 0 Å². The number of hydrogen-bond donors (Lipinski definition) is 2. The van der Waals surface area contributed by atoms with E-state index in [1.54, 1.807) is 0 Å². The molecule has 0 bridgehead atoms. The number of carbonyl (C=O) groups is 2. The number of carboxylic acids is 1. The van der Waals surface area contributed by atoms with Gasteiger partial charge in [0, 0.05) is 31.7 Å². The summed E-state index contributed by atoms with van der Waals surface area (Å²) < 4.78 is 31.7. The molecule has 2 N–H and O–H groups in total. The Hall–Kier alpha value is -2.88. The smallest absolute Gasteiger partial charge is 0.475 e. The molecule has 7 nitrogen and oxygen atoms in total. The average molecular weight is 523 g/mol. The minimum atomic E-state index is -5.08. The van der Waals surface area contributed by atoms with E-state index in [2.05, 4.69) is 59.0 Å². The standard InChI is InChI=1S/C25H36N4O.C2HF3O2/c1-19(2)17-29-24(30)27-23(26-22-12-8-5-9-13-22)25(29)14-15-28(20(3)16-25)18-21-10-6-4-7-11-21;3-2(4,5)1(6)7/h4,6-7,10-11,20,22H,1,5,8-9,12-18H2,2-3H3,(H,26,27,30);(H,6,7)/t20-,25+;/m0./s1. The molecule has 3 aliphatic rings. The third-order valence-electron chi connectivity index (χ3n) is 7.31. The Bertz CT molecular complexity index is 992. The molecule has 2 aliphatic heterocycles. The van der Waals surface area contributed by atoms with Gasteiger partial charge in [-0.3, -0.25) is 4.90 Å². The second-order valence-corrected chi connectivity index (χ2v) is 10.4. The van der Waals surface area contributed by atoms with Crippen molar-refractivity contribution in [2.24, 2.45) is 4.99 Å². The summed E-state index contributed by atoms with van der Waals surface area (Å²) in [5.41, 5.74) is 2.03. The van der Waals surface area contributed by atoms with Gasteiger partial charge in [-0.1, -0.05) is 61.7 Å². The third-order valence-corrected chi connectivity index (χ3v) is 7.31. The summed E-state index contributed by atoms with van der Waals surface area (Å²) in [7, 11) is 0. The Morgan fingerprint density at radius 1 is 1.22 bits per heavy atom. The van der Waals surface area contributed by atoms with Crippen LogP contribution in [-0.4, -0.2) is 69.6 Å². The van der Waals surface area contributed by atoms with Gasteiger partial charge in [0.1, 0.15) is 11.4 Å². The van der Waals surface area contributed by atoms with Gasteiger partial charge in [0.05, 0.1) is 0 Å². The maximum Gasteiger partial charge on any atom is 0.490 e. The number of rotatable bonds is 5. The lowest BCUT2D eigenvalue weighted by Crippen LogP contribution is -2.63. The normalized spacial score (nSPS) is 24.9. The van der Waals surface area contributed by atoms with Crippen molar-refractivity contribution in [1.82, 2.24) is 15.1 Å². The summed E-state index contributed by atoms with van der Waals surface area (Å²) in [4.78, 5) is 31.0. The lowest BCUT2D eigenvalue weighted by atomic mass is 9.80. The first-order valence-electron chi connectivity index (χ1n) is 12.8. The van der Waals surface area contributed by atoms with Gasteiger partial charge in [0.25, 0.3) is 0 Å². The highest BCUT2D eigenvalue weighted by atomic mass is 19.4. The number of piperidine rings is 1.